The first-order valence-electron chi connectivity index (χ1n) is 16.1. The van der Waals surface area contributed by atoms with E-state index in [9.17, 15) is 0 Å². The van der Waals surface area contributed by atoms with Gasteiger partial charge in [0, 0.05) is 11.7 Å². The van der Waals surface area contributed by atoms with Gasteiger partial charge in [0.15, 0.2) is 0 Å². The second-order valence-electron chi connectivity index (χ2n) is 8.56. The van der Waals surface area contributed by atoms with Gasteiger partial charge in [-0.25, -0.2) is 0 Å². The predicted molar refractivity (Wildman–Crippen MR) is 190 cm³/mol. The van der Waals surface area contributed by atoms with Gasteiger partial charge in [-0.2, -0.15) is 0 Å². The van der Waals surface area contributed by atoms with Gasteiger partial charge >= 0.3 is 0 Å². The Bertz CT molecular complexity index is 872. The van der Waals surface area contributed by atoms with Crippen LogP contribution in [0.25, 0.3) is 0 Å². The molecular formula is C38H68N2O. The van der Waals surface area contributed by atoms with Crippen LogP contribution in [0.2, 0.25) is 0 Å². The number of unbranched alkanes of at least 4 members (excludes halogenated alkanes) is 1. The SMILES string of the molecule is C#CC.C=C1C=CC(CC(CC)NCCCC=C(/C=C(CC)\C(C)=C/C)CC)=C(/C(=C\C)OC)N1.CC.CC.CC. The number of terminal acetylenes is 1. The molecule has 0 radical (unpaired) electrons. The summed E-state index contributed by atoms with van der Waals surface area (Å²) < 4.78 is 5.57. The Labute approximate surface area is 258 Å². The maximum Gasteiger partial charge on any atom is 0.138 e. The smallest absolute Gasteiger partial charge is 0.138 e. The summed E-state index contributed by atoms with van der Waals surface area (Å²) in [4.78, 5) is 0. The molecule has 1 atom stereocenters. The number of dihydropyridines is 1. The molecular weight excluding hydrogens is 500 g/mol. The van der Waals surface area contributed by atoms with Crippen molar-refractivity contribution in [2.24, 2.45) is 0 Å². The average molecular weight is 569 g/mol. The van der Waals surface area contributed by atoms with Crippen molar-refractivity contribution in [1.29, 1.82) is 0 Å². The largest absolute Gasteiger partial charge is 0.495 e. The second kappa shape index (κ2) is 33.5. The molecule has 0 spiro atoms. The molecule has 1 unspecified atom stereocenters. The van der Waals surface area contributed by atoms with E-state index in [1.165, 1.54) is 22.3 Å². The molecule has 0 saturated heterocycles. The van der Waals surface area contributed by atoms with Crippen molar-refractivity contribution in [2.75, 3.05) is 13.7 Å². The van der Waals surface area contributed by atoms with Crippen LogP contribution in [0.3, 0.4) is 0 Å². The van der Waals surface area contributed by atoms with Crippen molar-refractivity contribution in [2.45, 2.75) is 135 Å². The third-order valence-corrected chi connectivity index (χ3v) is 6.09. The highest BCUT2D eigenvalue weighted by Crippen LogP contribution is 2.24. The first-order valence-corrected chi connectivity index (χ1v) is 16.1. The summed E-state index contributed by atoms with van der Waals surface area (Å²) in [6.45, 7) is 31.8. The van der Waals surface area contributed by atoms with Gasteiger partial charge in [-0.05, 0) is 96.1 Å². The molecule has 0 bridgehead atoms. The molecule has 0 saturated carbocycles. The van der Waals surface area contributed by atoms with Crippen LogP contribution < -0.4 is 10.6 Å². The summed E-state index contributed by atoms with van der Waals surface area (Å²) in [5.74, 6) is 3.12. The normalized spacial score (nSPS) is 13.9. The molecule has 0 fully saturated rings. The lowest BCUT2D eigenvalue weighted by atomic mass is 9.98. The molecule has 1 heterocycles. The minimum absolute atomic E-state index is 0.436. The third-order valence-electron chi connectivity index (χ3n) is 6.09. The molecule has 1 rings (SSSR count). The molecule has 3 heteroatoms. The van der Waals surface area contributed by atoms with E-state index in [4.69, 9.17) is 4.74 Å². The van der Waals surface area contributed by atoms with Gasteiger partial charge in [0.2, 0.25) is 0 Å². The number of nitrogens with one attached hydrogen (secondary N) is 2. The third kappa shape index (κ3) is 21.7. The number of rotatable bonds is 14. The quantitative estimate of drug-likeness (QED) is 0.0946. The summed E-state index contributed by atoms with van der Waals surface area (Å²) in [6, 6.07) is 0.436. The molecule has 3 nitrogen and oxygen atoms in total. The molecule has 41 heavy (non-hydrogen) atoms. The minimum atomic E-state index is 0.436. The van der Waals surface area contributed by atoms with Crippen LogP contribution in [-0.4, -0.2) is 19.7 Å². The highest BCUT2D eigenvalue weighted by atomic mass is 16.5. The first-order chi connectivity index (χ1) is 19.8. The van der Waals surface area contributed by atoms with E-state index in [0.29, 0.717) is 6.04 Å². The number of methoxy groups -OCH3 is 1. The highest BCUT2D eigenvalue weighted by Gasteiger charge is 2.17. The van der Waals surface area contributed by atoms with E-state index >= 15 is 0 Å². The van der Waals surface area contributed by atoms with Crippen LogP contribution in [0.5, 0.6) is 0 Å². The molecule has 1 aliphatic heterocycles. The maximum atomic E-state index is 5.57. The fourth-order valence-electron chi connectivity index (χ4n) is 3.85. The summed E-state index contributed by atoms with van der Waals surface area (Å²) in [6.07, 6.45) is 24.3. The Morgan fingerprint density at radius 2 is 1.63 bits per heavy atom. The first kappa shape index (κ1) is 45.3. The summed E-state index contributed by atoms with van der Waals surface area (Å²) in [5.41, 5.74) is 7.47. The van der Waals surface area contributed by atoms with Crippen molar-refractivity contribution >= 4 is 0 Å². The van der Waals surface area contributed by atoms with Gasteiger partial charge in [-0.3, -0.25) is 0 Å². The maximum absolute atomic E-state index is 5.57. The Balaban J connectivity index is -0.000000682. The van der Waals surface area contributed by atoms with Crippen molar-refractivity contribution in [1.82, 2.24) is 10.6 Å². The lowest BCUT2D eigenvalue weighted by Gasteiger charge is -2.24. The number of ether oxygens (including phenoxy) is 1. The molecule has 0 aliphatic carbocycles. The van der Waals surface area contributed by atoms with E-state index < -0.39 is 0 Å². The van der Waals surface area contributed by atoms with Crippen LogP contribution in [0.15, 0.2) is 82.5 Å². The van der Waals surface area contributed by atoms with Crippen LogP contribution in [-0.2, 0) is 4.74 Å². The van der Waals surface area contributed by atoms with E-state index in [0.717, 1.165) is 62.2 Å². The van der Waals surface area contributed by atoms with Gasteiger partial charge in [-0.15, -0.1) is 12.3 Å². The fraction of sp³-hybridized carbons (Fsp3) is 0.579. The average Bonchev–Trinajstić information content (AvgIpc) is 3.02. The zero-order chi connectivity index (χ0) is 32.6. The monoisotopic (exact) mass is 569 g/mol. The van der Waals surface area contributed by atoms with E-state index in [1.54, 1.807) is 14.0 Å². The Morgan fingerprint density at radius 3 is 2.07 bits per heavy atom. The molecule has 0 amide bonds. The minimum Gasteiger partial charge on any atom is -0.495 e. The molecule has 2 N–H and O–H groups in total. The molecule has 1 aliphatic rings. The number of hydrogen-bond donors (Lipinski definition) is 2. The van der Waals surface area contributed by atoms with Crippen molar-refractivity contribution < 1.29 is 4.74 Å². The van der Waals surface area contributed by atoms with Gasteiger partial charge < -0.3 is 15.4 Å². The summed E-state index contributed by atoms with van der Waals surface area (Å²) in [7, 11) is 1.72. The second-order valence-corrected chi connectivity index (χ2v) is 8.56. The van der Waals surface area contributed by atoms with Gasteiger partial charge in [-0.1, -0.05) is 104 Å². The van der Waals surface area contributed by atoms with Gasteiger partial charge in [0.25, 0.3) is 0 Å². The van der Waals surface area contributed by atoms with Gasteiger partial charge in [0.05, 0.1) is 12.8 Å². The lowest BCUT2D eigenvalue weighted by Crippen LogP contribution is -2.31. The number of hydrogen-bond acceptors (Lipinski definition) is 3. The molecule has 0 aromatic rings. The zero-order valence-electron chi connectivity index (χ0n) is 29.7. The topological polar surface area (TPSA) is 33.3 Å². The zero-order valence-corrected chi connectivity index (χ0v) is 29.7. The fourth-order valence-corrected chi connectivity index (χ4v) is 3.85. The van der Waals surface area contributed by atoms with Crippen LogP contribution >= 0.6 is 0 Å². The summed E-state index contributed by atoms with van der Waals surface area (Å²) >= 11 is 0. The van der Waals surface area contributed by atoms with Crippen molar-refractivity contribution in [3.63, 3.8) is 0 Å². The van der Waals surface area contributed by atoms with E-state index in [1.807, 2.05) is 60.6 Å². The Kier molecular flexibility index (Phi) is 37.0. The molecule has 0 aromatic heterocycles. The van der Waals surface area contributed by atoms with Crippen molar-refractivity contribution in [3.8, 4) is 12.3 Å². The summed E-state index contributed by atoms with van der Waals surface area (Å²) in [5, 5.41) is 7.15. The molecule has 0 aromatic carbocycles. The molecule has 236 valence electrons. The van der Waals surface area contributed by atoms with Crippen LogP contribution in [0.4, 0.5) is 0 Å². The van der Waals surface area contributed by atoms with E-state index in [-0.39, 0.29) is 0 Å². The standard InChI is InChI=1S/C29H46N2O.C3H4.3C2H6/c1-9-22(6)25(11-3)20-24(10-2)16-14-15-19-30-27(12-4)21-26-18-17-23(7)31-29(26)28(13-5)32-8;1-3-2;3*1-2/h9,13,16-18,20,27,30-31H,7,10-12,14-15,19,21H2,1-6,8H3;1H,2H3;3*1-2H3/b22-9-,24-16?,25-20-,28-13+;;;;. The predicted octanol–water partition coefficient (Wildman–Crippen LogP) is 11.4. The van der Waals surface area contributed by atoms with Crippen LogP contribution in [0, 0.1) is 12.3 Å². The Hall–Kier alpha value is -2.70. The van der Waals surface area contributed by atoms with E-state index in [2.05, 4.69) is 88.5 Å². The van der Waals surface area contributed by atoms with Crippen molar-refractivity contribution in [3.05, 3.63) is 82.5 Å². The van der Waals surface area contributed by atoms with Crippen LogP contribution in [0.1, 0.15) is 129 Å². The highest BCUT2D eigenvalue weighted by molar-refractivity contribution is 5.44. The van der Waals surface area contributed by atoms with Gasteiger partial charge in [0.1, 0.15) is 5.76 Å². The Morgan fingerprint density at radius 1 is 1.05 bits per heavy atom. The lowest BCUT2D eigenvalue weighted by molar-refractivity contribution is 0.295. The number of allylic oxidation sites excluding steroid dienone is 9.